The smallest absolute Gasteiger partial charge is 0.267 e. The largest absolute Gasteiger partial charge is 0.497 e. The highest BCUT2D eigenvalue weighted by Crippen LogP contribution is 2.19. The number of hydrogen-bond donors (Lipinski definition) is 1. The van der Waals surface area contributed by atoms with Crippen LogP contribution in [0, 0.1) is 6.92 Å². The molecule has 2 heterocycles. The molecular weight excluding hydrogens is 332 g/mol. The standard InChI is InChI=1S/C19H18N4O3/c1-13-9-10-20-17(11-13)21-18(24)12-23-19(25)8-7-16(22-23)14-3-5-15(26-2)6-4-14/h3-11H,12H2,1-2H3,(H,20,21,24). The number of pyridine rings is 1. The second-order valence-electron chi connectivity index (χ2n) is 5.71. The average Bonchev–Trinajstić information content (AvgIpc) is 2.63. The minimum atomic E-state index is -0.371. The second-order valence-corrected chi connectivity index (χ2v) is 5.71. The molecule has 7 heteroatoms. The van der Waals surface area contributed by atoms with Crippen LogP contribution >= 0.6 is 0 Å². The van der Waals surface area contributed by atoms with Gasteiger partial charge in [0.2, 0.25) is 5.91 Å². The fourth-order valence-corrected chi connectivity index (χ4v) is 2.40. The molecule has 132 valence electrons. The van der Waals surface area contributed by atoms with Gasteiger partial charge in [-0.25, -0.2) is 9.67 Å². The summed E-state index contributed by atoms with van der Waals surface area (Å²) < 4.78 is 6.26. The number of methoxy groups -OCH3 is 1. The Kier molecular flexibility index (Phi) is 5.07. The Labute approximate surface area is 150 Å². The molecular formula is C19H18N4O3. The van der Waals surface area contributed by atoms with Crippen molar-refractivity contribution in [1.82, 2.24) is 14.8 Å². The number of carbonyl (C=O) groups is 1. The number of anilines is 1. The zero-order valence-corrected chi connectivity index (χ0v) is 14.5. The van der Waals surface area contributed by atoms with E-state index >= 15 is 0 Å². The van der Waals surface area contributed by atoms with E-state index in [0.717, 1.165) is 21.6 Å². The SMILES string of the molecule is COc1ccc(-c2ccc(=O)n(CC(=O)Nc3cc(C)ccn3)n2)cc1. The topological polar surface area (TPSA) is 86.1 Å². The van der Waals surface area contributed by atoms with Crippen molar-refractivity contribution in [3.63, 3.8) is 0 Å². The predicted octanol–water partition coefficient (Wildman–Crippen LogP) is 2.26. The van der Waals surface area contributed by atoms with Crippen LogP contribution in [-0.4, -0.2) is 27.8 Å². The summed E-state index contributed by atoms with van der Waals surface area (Å²) in [6, 6.07) is 13.9. The van der Waals surface area contributed by atoms with Crippen molar-refractivity contribution >= 4 is 11.7 Å². The van der Waals surface area contributed by atoms with Crippen LogP contribution in [0.15, 0.2) is 59.5 Å². The summed E-state index contributed by atoms with van der Waals surface area (Å²) in [7, 11) is 1.59. The molecule has 3 rings (SSSR count). The first-order valence-corrected chi connectivity index (χ1v) is 8.00. The average molecular weight is 350 g/mol. The van der Waals surface area contributed by atoms with Crippen molar-refractivity contribution in [2.45, 2.75) is 13.5 Å². The van der Waals surface area contributed by atoms with Gasteiger partial charge >= 0.3 is 0 Å². The first-order valence-electron chi connectivity index (χ1n) is 8.00. The molecule has 0 radical (unpaired) electrons. The summed E-state index contributed by atoms with van der Waals surface area (Å²) in [5.74, 6) is 0.797. The number of amides is 1. The Hall–Kier alpha value is -3.48. The number of ether oxygens (including phenoxy) is 1. The molecule has 0 spiro atoms. The van der Waals surface area contributed by atoms with E-state index in [1.54, 1.807) is 25.4 Å². The van der Waals surface area contributed by atoms with Crippen LogP contribution in [0.3, 0.4) is 0 Å². The number of benzene rings is 1. The normalized spacial score (nSPS) is 10.4. The van der Waals surface area contributed by atoms with E-state index in [1.807, 2.05) is 37.3 Å². The summed E-state index contributed by atoms with van der Waals surface area (Å²) in [4.78, 5) is 28.3. The third kappa shape index (κ3) is 4.13. The van der Waals surface area contributed by atoms with Gasteiger partial charge in [0.15, 0.2) is 0 Å². The molecule has 0 saturated heterocycles. The third-order valence-corrected chi connectivity index (χ3v) is 3.73. The lowest BCUT2D eigenvalue weighted by Crippen LogP contribution is -2.29. The Balaban J connectivity index is 1.79. The molecule has 1 N–H and O–H groups in total. The van der Waals surface area contributed by atoms with E-state index in [9.17, 15) is 9.59 Å². The lowest BCUT2D eigenvalue weighted by molar-refractivity contribution is -0.117. The van der Waals surface area contributed by atoms with E-state index in [0.29, 0.717) is 11.5 Å². The lowest BCUT2D eigenvalue weighted by atomic mass is 10.1. The number of aromatic nitrogens is 3. The van der Waals surface area contributed by atoms with Crippen LogP contribution in [0.5, 0.6) is 5.75 Å². The van der Waals surface area contributed by atoms with Gasteiger partial charge < -0.3 is 10.1 Å². The molecule has 0 atom stereocenters. The van der Waals surface area contributed by atoms with Crippen LogP contribution < -0.4 is 15.6 Å². The Morgan fingerprint density at radius 1 is 1.15 bits per heavy atom. The van der Waals surface area contributed by atoms with Crippen molar-refractivity contribution in [1.29, 1.82) is 0 Å². The van der Waals surface area contributed by atoms with Crippen LogP contribution in [0.2, 0.25) is 0 Å². The van der Waals surface area contributed by atoms with Gasteiger partial charge in [-0.2, -0.15) is 5.10 Å². The highest BCUT2D eigenvalue weighted by Gasteiger charge is 2.09. The van der Waals surface area contributed by atoms with Crippen molar-refractivity contribution in [3.05, 3.63) is 70.6 Å². The zero-order valence-electron chi connectivity index (χ0n) is 14.5. The van der Waals surface area contributed by atoms with Crippen molar-refractivity contribution in [2.24, 2.45) is 0 Å². The predicted molar refractivity (Wildman–Crippen MR) is 98.1 cm³/mol. The molecule has 0 fully saturated rings. The van der Waals surface area contributed by atoms with Crippen LogP contribution in [0.25, 0.3) is 11.3 Å². The van der Waals surface area contributed by atoms with Crippen molar-refractivity contribution in [3.8, 4) is 17.0 Å². The fraction of sp³-hybridized carbons (Fsp3) is 0.158. The first-order chi connectivity index (χ1) is 12.5. The second kappa shape index (κ2) is 7.60. The molecule has 0 aliphatic rings. The molecule has 0 aliphatic carbocycles. The summed E-state index contributed by atoms with van der Waals surface area (Å²) in [5.41, 5.74) is 2.04. The van der Waals surface area contributed by atoms with Crippen LogP contribution in [0.4, 0.5) is 5.82 Å². The van der Waals surface area contributed by atoms with E-state index in [2.05, 4.69) is 15.4 Å². The van der Waals surface area contributed by atoms with Crippen molar-refractivity contribution in [2.75, 3.05) is 12.4 Å². The number of aryl methyl sites for hydroxylation is 1. The number of nitrogens with one attached hydrogen (secondary N) is 1. The molecule has 7 nitrogen and oxygen atoms in total. The van der Waals surface area contributed by atoms with Gasteiger partial charge in [-0.1, -0.05) is 0 Å². The lowest BCUT2D eigenvalue weighted by Gasteiger charge is -2.08. The van der Waals surface area contributed by atoms with Gasteiger partial charge in [0.1, 0.15) is 18.1 Å². The highest BCUT2D eigenvalue weighted by atomic mass is 16.5. The maximum absolute atomic E-state index is 12.2. The third-order valence-electron chi connectivity index (χ3n) is 3.73. The monoisotopic (exact) mass is 350 g/mol. The van der Waals surface area contributed by atoms with E-state index in [1.165, 1.54) is 6.07 Å². The van der Waals surface area contributed by atoms with Crippen LogP contribution in [-0.2, 0) is 11.3 Å². The first kappa shape index (κ1) is 17.3. The zero-order chi connectivity index (χ0) is 18.5. The van der Waals surface area contributed by atoms with Gasteiger partial charge in [0.25, 0.3) is 5.56 Å². The van der Waals surface area contributed by atoms with Gasteiger partial charge in [0, 0.05) is 17.8 Å². The molecule has 0 bridgehead atoms. The van der Waals surface area contributed by atoms with Gasteiger partial charge in [-0.05, 0) is 55.0 Å². The van der Waals surface area contributed by atoms with E-state index < -0.39 is 0 Å². The fourth-order valence-electron chi connectivity index (χ4n) is 2.40. The maximum Gasteiger partial charge on any atom is 0.267 e. The molecule has 1 amide bonds. The Bertz CT molecular complexity index is 981. The molecule has 3 aromatic rings. The molecule has 0 saturated carbocycles. The van der Waals surface area contributed by atoms with Gasteiger partial charge in [-0.3, -0.25) is 9.59 Å². The quantitative estimate of drug-likeness (QED) is 0.763. The molecule has 0 aliphatic heterocycles. The number of rotatable bonds is 5. The van der Waals surface area contributed by atoms with E-state index in [4.69, 9.17) is 4.74 Å². The minimum Gasteiger partial charge on any atom is -0.497 e. The molecule has 0 unspecified atom stereocenters. The van der Waals surface area contributed by atoms with Gasteiger partial charge in [0.05, 0.1) is 12.8 Å². The van der Waals surface area contributed by atoms with E-state index in [-0.39, 0.29) is 18.0 Å². The maximum atomic E-state index is 12.2. The highest BCUT2D eigenvalue weighted by molar-refractivity contribution is 5.89. The summed E-state index contributed by atoms with van der Waals surface area (Å²) in [6.45, 7) is 1.71. The number of nitrogens with zero attached hydrogens (tertiary/aromatic N) is 3. The van der Waals surface area contributed by atoms with Gasteiger partial charge in [-0.15, -0.1) is 0 Å². The molecule has 26 heavy (non-hydrogen) atoms. The number of carbonyl (C=O) groups excluding carboxylic acids is 1. The van der Waals surface area contributed by atoms with Crippen molar-refractivity contribution < 1.29 is 9.53 Å². The summed E-state index contributed by atoms with van der Waals surface area (Å²) >= 11 is 0. The minimum absolute atomic E-state index is 0.196. The molecule has 1 aromatic carbocycles. The Morgan fingerprint density at radius 3 is 2.62 bits per heavy atom. The summed E-state index contributed by atoms with van der Waals surface area (Å²) in [6.07, 6.45) is 1.61. The van der Waals surface area contributed by atoms with Crippen LogP contribution in [0.1, 0.15) is 5.56 Å². The Morgan fingerprint density at radius 2 is 1.92 bits per heavy atom. The number of hydrogen-bond acceptors (Lipinski definition) is 5. The molecule has 2 aromatic heterocycles. The summed E-state index contributed by atoms with van der Waals surface area (Å²) in [5, 5.41) is 6.95.